The van der Waals surface area contributed by atoms with Gasteiger partial charge in [0.2, 0.25) is 5.82 Å². The lowest BCUT2D eigenvalue weighted by atomic mass is 10.3. The molecule has 1 aromatic carbocycles. The van der Waals surface area contributed by atoms with E-state index in [1.54, 1.807) is 4.72 Å². The largest absolute Gasteiger partial charge is 0.464 e. The molecule has 0 aliphatic heterocycles. The topological polar surface area (TPSA) is 114 Å². The summed E-state index contributed by atoms with van der Waals surface area (Å²) in [7, 11) is -5.33. The predicted molar refractivity (Wildman–Crippen MR) is 78.0 cm³/mol. The van der Waals surface area contributed by atoms with Crippen molar-refractivity contribution < 1.29 is 40.3 Å². The van der Waals surface area contributed by atoms with E-state index in [9.17, 15) is 35.2 Å². The van der Waals surface area contributed by atoms with E-state index in [2.05, 4.69) is 9.97 Å². The lowest BCUT2D eigenvalue weighted by molar-refractivity contribution is 0.197. The summed E-state index contributed by atoms with van der Waals surface area (Å²) in [5.41, 5.74) is -0.285. The molecule has 0 radical (unpaired) electrons. The van der Waals surface area contributed by atoms with Crippen molar-refractivity contribution in [3.05, 3.63) is 47.7 Å². The first-order valence-corrected chi connectivity index (χ1v) is 8.14. The second-order valence-corrected chi connectivity index (χ2v) is 6.55. The van der Waals surface area contributed by atoms with Crippen molar-refractivity contribution in [1.82, 2.24) is 14.5 Å². The molecule has 0 saturated carbocycles. The number of halogens is 5. The first-order valence-electron chi connectivity index (χ1n) is 6.66. The standard InChI is InChI=1S/C13H5F5N4O4S/c14-5-6(15)8(17)10(9(18)7(5)16)27(25,26)21-11-4-1-2-22(13(23)24)12(4)20-3-19-11/h1-3H,(H,23,24)(H,19,20,21). The Balaban J connectivity index is 2.17. The maximum absolute atomic E-state index is 13.8. The van der Waals surface area contributed by atoms with Gasteiger partial charge in [-0.2, -0.15) is 0 Å². The van der Waals surface area contributed by atoms with Crippen LogP contribution in [0, 0.1) is 29.1 Å². The van der Waals surface area contributed by atoms with Gasteiger partial charge in [-0.3, -0.25) is 4.72 Å². The van der Waals surface area contributed by atoms with Gasteiger partial charge >= 0.3 is 6.09 Å². The van der Waals surface area contributed by atoms with Gasteiger partial charge in [0.15, 0.2) is 39.6 Å². The highest BCUT2D eigenvalue weighted by molar-refractivity contribution is 7.92. The second kappa shape index (κ2) is 6.15. The number of fused-ring (bicyclic) bond motifs is 1. The number of carboxylic acid groups (broad SMARTS) is 1. The number of rotatable bonds is 3. The van der Waals surface area contributed by atoms with E-state index in [1.807, 2.05) is 0 Å². The van der Waals surface area contributed by atoms with Gasteiger partial charge in [0.05, 0.1) is 5.39 Å². The van der Waals surface area contributed by atoms with Crippen molar-refractivity contribution in [1.29, 1.82) is 0 Å². The highest BCUT2D eigenvalue weighted by Gasteiger charge is 2.34. The Morgan fingerprint density at radius 3 is 2.11 bits per heavy atom. The van der Waals surface area contributed by atoms with Crippen molar-refractivity contribution in [2.75, 3.05) is 4.72 Å². The van der Waals surface area contributed by atoms with Crippen LogP contribution in [0.4, 0.5) is 32.6 Å². The first-order chi connectivity index (χ1) is 12.6. The lowest BCUT2D eigenvalue weighted by Crippen LogP contribution is -2.20. The van der Waals surface area contributed by atoms with Crippen molar-refractivity contribution in [3.8, 4) is 0 Å². The van der Waals surface area contributed by atoms with Crippen LogP contribution in [0.2, 0.25) is 0 Å². The molecule has 0 atom stereocenters. The lowest BCUT2D eigenvalue weighted by Gasteiger charge is -2.11. The zero-order valence-corrected chi connectivity index (χ0v) is 13.4. The van der Waals surface area contributed by atoms with E-state index in [4.69, 9.17) is 5.11 Å². The number of aromatic nitrogens is 3. The van der Waals surface area contributed by atoms with Crippen molar-refractivity contribution in [2.24, 2.45) is 0 Å². The molecule has 0 amide bonds. The number of anilines is 1. The SMILES string of the molecule is O=C(O)n1ccc2c(NS(=O)(=O)c3c(F)c(F)c(F)c(F)c3F)ncnc21. The predicted octanol–water partition coefficient (Wildman–Crippen LogP) is 2.45. The van der Waals surface area contributed by atoms with Crippen LogP contribution >= 0.6 is 0 Å². The van der Waals surface area contributed by atoms with Crippen molar-refractivity contribution in [3.63, 3.8) is 0 Å². The smallest absolute Gasteiger partial charge is 0.417 e. The van der Waals surface area contributed by atoms with Crippen LogP contribution in [-0.4, -0.2) is 34.2 Å². The molecule has 3 rings (SSSR count). The molecule has 3 aromatic rings. The summed E-state index contributed by atoms with van der Waals surface area (Å²) in [6.45, 7) is 0. The van der Waals surface area contributed by atoms with E-state index in [0.29, 0.717) is 4.57 Å². The van der Waals surface area contributed by atoms with E-state index < -0.39 is 55.9 Å². The maximum Gasteiger partial charge on any atom is 0.417 e. The van der Waals surface area contributed by atoms with E-state index in [1.165, 1.54) is 0 Å². The van der Waals surface area contributed by atoms with Gasteiger partial charge < -0.3 is 5.11 Å². The molecule has 27 heavy (non-hydrogen) atoms. The molecular formula is C13H5F5N4O4S. The average molecular weight is 408 g/mol. The van der Waals surface area contributed by atoms with E-state index >= 15 is 0 Å². The third-order valence-electron chi connectivity index (χ3n) is 3.36. The molecule has 0 aliphatic rings. The third kappa shape index (κ3) is 2.83. The zero-order valence-electron chi connectivity index (χ0n) is 12.5. The molecule has 0 saturated heterocycles. The zero-order chi connectivity index (χ0) is 20.1. The minimum absolute atomic E-state index is 0.202. The fourth-order valence-electron chi connectivity index (χ4n) is 2.19. The van der Waals surface area contributed by atoms with Crippen LogP contribution < -0.4 is 4.72 Å². The van der Waals surface area contributed by atoms with Gasteiger partial charge in [0, 0.05) is 6.20 Å². The number of nitrogens with zero attached hydrogens (tertiary/aromatic N) is 3. The fourth-order valence-corrected chi connectivity index (χ4v) is 3.36. The molecule has 0 bridgehead atoms. The van der Waals surface area contributed by atoms with E-state index in [0.717, 1.165) is 18.6 Å². The highest BCUT2D eigenvalue weighted by atomic mass is 32.2. The minimum atomic E-state index is -5.33. The van der Waals surface area contributed by atoms with Gasteiger partial charge in [0.25, 0.3) is 10.0 Å². The normalized spacial score (nSPS) is 11.7. The number of benzene rings is 1. The summed E-state index contributed by atoms with van der Waals surface area (Å²) in [5.74, 6) is -13.2. The Bertz CT molecular complexity index is 1180. The molecular weight excluding hydrogens is 403 g/mol. The number of hydrogen-bond acceptors (Lipinski definition) is 5. The number of nitrogens with one attached hydrogen (secondary N) is 1. The third-order valence-corrected chi connectivity index (χ3v) is 4.71. The average Bonchev–Trinajstić information content (AvgIpc) is 3.03. The molecule has 142 valence electrons. The Morgan fingerprint density at radius 2 is 1.56 bits per heavy atom. The summed E-state index contributed by atoms with van der Waals surface area (Å²) >= 11 is 0. The maximum atomic E-state index is 13.8. The van der Waals surface area contributed by atoms with Crippen LogP contribution in [0.3, 0.4) is 0 Å². The molecule has 14 heteroatoms. The number of sulfonamides is 1. The van der Waals surface area contributed by atoms with Crippen LogP contribution in [0.1, 0.15) is 0 Å². The molecule has 0 unspecified atom stereocenters. The quantitative estimate of drug-likeness (QED) is 0.391. The summed E-state index contributed by atoms with van der Waals surface area (Å²) in [5, 5.41) is 8.78. The molecule has 2 heterocycles. The first kappa shape index (κ1) is 18.5. The Morgan fingerprint density at radius 1 is 1.00 bits per heavy atom. The molecule has 0 aliphatic carbocycles. The van der Waals surface area contributed by atoms with Crippen LogP contribution in [0.25, 0.3) is 11.0 Å². The van der Waals surface area contributed by atoms with Gasteiger partial charge in [-0.05, 0) is 6.07 Å². The van der Waals surface area contributed by atoms with Gasteiger partial charge in [-0.25, -0.2) is 49.7 Å². The summed E-state index contributed by atoms with van der Waals surface area (Å²) in [6.07, 6.45) is 0.244. The highest BCUT2D eigenvalue weighted by Crippen LogP contribution is 2.29. The molecule has 0 spiro atoms. The van der Waals surface area contributed by atoms with Gasteiger partial charge in [0.1, 0.15) is 6.33 Å². The molecule has 8 nitrogen and oxygen atoms in total. The number of hydrogen-bond donors (Lipinski definition) is 2. The van der Waals surface area contributed by atoms with E-state index in [-0.39, 0.29) is 11.0 Å². The fraction of sp³-hybridized carbons (Fsp3) is 0. The van der Waals surface area contributed by atoms with Gasteiger partial charge in [-0.15, -0.1) is 0 Å². The van der Waals surface area contributed by atoms with Gasteiger partial charge in [-0.1, -0.05) is 0 Å². The monoisotopic (exact) mass is 408 g/mol. The molecule has 0 fully saturated rings. The Kier molecular flexibility index (Phi) is 4.22. The minimum Gasteiger partial charge on any atom is -0.464 e. The number of carbonyl (C=O) groups is 1. The summed E-state index contributed by atoms with van der Waals surface area (Å²) in [6, 6.07) is 1.07. The summed E-state index contributed by atoms with van der Waals surface area (Å²) < 4.78 is 93.7. The molecule has 2 aromatic heterocycles. The van der Waals surface area contributed by atoms with Crippen molar-refractivity contribution in [2.45, 2.75) is 4.90 Å². The summed E-state index contributed by atoms with van der Waals surface area (Å²) in [4.78, 5) is 16.0. The Hall–Kier alpha value is -3.29. The second-order valence-electron chi connectivity index (χ2n) is 4.93. The van der Waals surface area contributed by atoms with Crippen LogP contribution in [0.5, 0.6) is 0 Å². The molecule has 2 N–H and O–H groups in total. The Labute approximate surface area is 145 Å². The van der Waals surface area contributed by atoms with Crippen LogP contribution in [-0.2, 0) is 10.0 Å². The van der Waals surface area contributed by atoms with Crippen molar-refractivity contribution >= 4 is 33.0 Å². The van der Waals surface area contributed by atoms with Crippen LogP contribution in [0.15, 0.2) is 23.5 Å².